The molecule has 0 radical (unpaired) electrons. The quantitative estimate of drug-likeness (QED) is 0.805. The van der Waals surface area contributed by atoms with Gasteiger partial charge in [0.05, 0.1) is 23.4 Å². The molecule has 0 aliphatic rings. The highest BCUT2D eigenvalue weighted by molar-refractivity contribution is 6.34. The number of benzene rings is 1. The summed E-state index contributed by atoms with van der Waals surface area (Å²) in [6, 6.07) is 5.06. The molecule has 0 bridgehead atoms. The molecule has 0 aromatic heterocycles. The van der Waals surface area contributed by atoms with E-state index in [9.17, 15) is 9.90 Å². The molecule has 2 N–H and O–H groups in total. The molecule has 0 fully saturated rings. The lowest BCUT2D eigenvalue weighted by atomic mass is 10.0. The Morgan fingerprint density at radius 2 is 2.16 bits per heavy atom. The van der Waals surface area contributed by atoms with E-state index in [1.54, 1.807) is 18.2 Å². The molecule has 106 valence electrons. The first-order valence-electron chi connectivity index (χ1n) is 6.33. The molecule has 5 heteroatoms. The molecule has 0 aliphatic heterocycles. The largest absolute Gasteiger partial charge is 0.478 e. The lowest BCUT2D eigenvalue weighted by Crippen LogP contribution is -2.31. The number of aromatic carboxylic acids is 1. The predicted molar refractivity (Wildman–Crippen MR) is 77.2 cm³/mol. The average molecular weight is 286 g/mol. The van der Waals surface area contributed by atoms with Crippen molar-refractivity contribution in [2.75, 3.05) is 18.5 Å². The van der Waals surface area contributed by atoms with Gasteiger partial charge in [0.15, 0.2) is 0 Å². The van der Waals surface area contributed by atoms with Crippen molar-refractivity contribution in [3.05, 3.63) is 28.8 Å². The number of carbonyl (C=O) groups is 1. The van der Waals surface area contributed by atoms with E-state index in [1.807, 2.05) is 6.92 Å². The summed E-state index contributed by atoms with van der Waals surface area (Å²) in [5, 5.41) is 12.7. The van der Waals surface area contributed by atoms with Crippen LogP contribution in [0.3, 0.4) is 0 Å². The second-order valence-corrected chi connectivity index (χ2v) is 5.03. The van der Waals surface area contributed by atoms with Crippen LogP contribution in [-0.2, 0) is 4.74 Å². The monoisotopic (exact) mass is 285 g/mol. The molecule has 0 amide bonds. The van der Waals surface area contributed by atoms with E-state index in [1.165, 1.54) is 0 Å². The van der Waals surface area contributed by atoms with Crippen LogP contribution < -0.4 is 5.32 Å². The molecule has 19 heavy (non-hydrogen) atoms. The number of anilines is 1. The molecule has 4 nitrogen and oxygen atoms in total. The molecule has 1 atom stereocenters. The van der Waals surface area contributed by atoms with Crippen molar-refractivity contribution in [2.24, 2.45) is 5.92 Å². The Morgan fingerprint density at radius 1 is 1.47 bits per heavy atom. The van der Waals surface area contributed by atoms with Crippen LogP contribution >= 0.6 is 11.6 Å². The molecule has 0 saturated carbocycles. The molecule has 1 rings (SSSR count). The lowest BCUT2D eigenvalue weighted by molar-refractivity contribution is 0.0697. The Balaban J connectivity index is 2.96. The van der Waals surface area contributed by atoms with Crippen molar-refractivity contribution >= 4 is 23.3 Å². The molecule has 0 saturated heterocycles. The van der Waals surface area contributed by atoms with E-state index < -0.39 is 5.97 Å². The van der Waals surface area contributed by atoms with Gasteiger partial charge in [-0.1, -0.05) is 31.5 Å². The van der Waals surface area contributed by atoms with E-state index in [0.717, 1.165) is 0 Å². The number of halogens is 1. The van der Waals surface area contributed by atoms with Crippen LogP contribution in [0.1, 0.15) is 31.1 Å². The maximum atomic E-state index is 11.3. The van der Waals surface area contributed by atoms with Crippen molar-refractivity contribution in [3.8, 4) is 0 Å². The summed E-state index contributed by atoms with van der Waals surface area (Å²) in [4.78, 5) is 11.3. The van der Waals surface area contributed by atoms with Crippen LogP contribution in [0.25, 0.3) is 0 Å². The fourth-order valence-corrected chi connectivity index (χ4v) is 1.96. The zero-order valence-electron chi connectivity index (χ0n) is 11.4. The second kappa shape index (κ2) is 7.36. The molecule has 1 aromatic carbocycles. The number of hydrogen-bond acceptors (Lipinski definition) is 3. The molecule has 0 aliphatic carbocycles. The van der Waals surface area contributed by atoms with Crippen molar-refractivity contribution < 1.29 is 14.6 Å². The first kappa shape index (κ1) is 15.8. The Labute approximate surface area is 118 Å². The standard InChI is InChI=1S/C14H20ClNO3/c1-4-19-8-12(9(2)3)16-11-7-5-6-10(15)13(11)14(17)18/h5-7,9,12,16H,4,8H2,1-3H3,(H,17,18). The Hall–Kier alpha value is -1.26. The van der Waals surface area contributed by atoms with Gasteiger partial charge in [-0.05, 0) is 25.0 Å². The number of hydrogen-bond donors (Lipinski definition) is 2. The fourth-order valence-electron chi connectivity index (χ4n) is 1.71. The van der Waals surface area contributed by atoms with Gasteiger partial charge in [0.25, 0.3) is 0 Å². The zero-order chi connectivity index (χ0) is 14.4. The Kier molecular flexibility index (Phi) is 6.12. The molecule has 0 heterocycles. The maximum absolute atomic E-state index is 11.3. The van der Waals surface area contributed by atoms with Crippen molar-refractivity contribution in [2.45, 2.75) is 26.8 Å². The Bertz CT molecular complexity index is 435. The summed E-state index contributed by atoms with van der Waals surface area (Å²) in [7, 11) is 0. The van der Waals surface area contributed by atoms with Crippen LogP contribution in [-0.4, -0.2) is 30.3 Å². The molecular weight excluding hydrogens is 266 g/mol. The van der Waals surface area contributed by atoms with E-state index in [4.69, 9.17) is 16.3 Å². The minimum Gasteiger partial charge on any atom is -0.478 e. The van der Waals surface area contributed by atoms with Gasteiger partial charge in [0.2, 0.25) is 0 Å². The van der Waals surface area contributed by atoms with Gasteiger partial charge < -0.3 is 15.2 Å². The fraction of sp³-hybridized carbons (Fsp3) is 0.500. The average Bonchev–Trinajstić information content (AvgIpc) is 2.33. The van der Waals surface area contributed by atoms with Crippen LogP contribution in [0.4, 0.5) is 5.69 Å². The van der Waals surface area contributed by atoms with Crippen LogP contribution in [0.15, 0.2) is 18.2 Å². The summed E-state index contributed by atoms with van der Waals surface area (Å²) < 4.78 is 5.42. The summed E-state index contributed by atoms with van der Waals surface area (Å²) in [6.07, 6.45) is 0. The van der Waals surface area contributed by atoms with Gasteiger partial charge in [0, 0.05) is 6.61 Å². The van der Waals surface area contributed by atoms with Crippen molar-refractivity contribution in [1.82, 2.24) is 0 Å². The number of nitrogens with one attached hydrogen (secondary N) is 1. The van der Waals surface area contributed by atoms with Gasteiger partial charge in [-0.2, -0.15) is 0 Å². The molecule has 1 aromatic rings. The number of ether oxygens (including phenoxy) is 1. The minimum atomic E-state index is -1.04. The summed E-state index contributed by atoms with van der Waals surface area (Å²) in [6.45, 7) is 7.20. The van der Waals surface area contributed by atoms with Crippen LogP contribution in [0.2, 0.25) is 5.02 Å². The van der Waals surface area contributed by atoms with Gasteiger partial charge >= 0.3 is 5.97 Å². The molecule has 0 spiro atoms. The minimum absolute atomic E-state index is 0.0384. The predicted octanol–water partition coefficient (Wildman–Crippen LogP) is 3.51. The number of rotatable bonds is 7. The highest BCUT2D eigenvalue weighted by Gasteiger charge is 2.19. The lowest BCUT2D eigenvalue weighted by Gasteiger charge is -2.24. The van der Waals surface area contributed by atoms with Crippen LogP contribution in [0, 0.1) is 5.92 Å². The number of carboxylic acid groups (broad SMARTS) is 1. The van der Waals surface area contributed by atoms with E-state index in [0.29, 0.717) is 24.8 Å². The Morgan fingerprint density at radius 3 is 2.68 bits per heavy atom. The smallest absolute Gasteiger partial charge is 0.339 e. The third-order valence-corrected chi connectivity index (χ3v) is 3.19. The summed E-state index contributed by atoms with van der Waals surface area (Å²) >= 11 is 5.94. The topological polar surface area (TPSA) is 58.6 Å². The molecule has 1 unspecified atom stereocenters. The second-order valence-electron chi connectivity index (χ2n) is 4.62. The zero-order valence-corrected chi connectivity index (χ0v) is 12.2. The SMILES string of the molecule is CCOCC(Nc1cccc(Cl)c1C(=O)O)C(C)C. The van der Waals surface area contributed by atoms with Crippen molar-refractivity contribution in [1.29, 1.82) is 0 Å². The summed E-state index contributed by atoms with van der Waals surface area (Å²) in [5.41, 5.74) is 0.629. The van der Waals surface area contributed by atoms with Gasteiger partial charge in [0.1, 0.15) is 5.56 Å². The first-order valence-corrected chi connectivity index (χ1v) is 6.71. The van der Waals surface area contributed by atoms with E-state index in [-0.39, 0.29) is 16.6 Å². The van der Waals surface area contributed by atoms with Gasteiger partial charge in [-0.15, -0.1) is 0 Å². The highest BCUT2D eigenvalue weighted by atomic mass is 35.5. The number of carboxylic acids is 1. The van der Waals surface area contributed by atoms with Gasteiger partial charge in [-0.25, -0.2) is 4.79 Å². The normalized spacial score (nSPS) is 12.5. The van der Waals surface area contributed by atoms with Crippen molar-refractivity contribution in [3.63, 3.8) is 0 Å². The maximum Gasteiger partial charge on any atom is 0.339 e. The van der Waals surface area contributed by atoms with Gasteiger partial charge in [-0.3, -0.25) is 0 Å². The van der Waals surface area contributed by atoms with E-state index >= 15 is 0 Å². The highest BCUT2D eigenvalue weighted by Crippen LogP contribution is 2.25. The first-order chi connectivity index (χ1) is 8.97. The molecular formula is C14H20ClNO3. The third kappa shape index (κ3) is 4.40. The van der Waals surface area contributed by atoms with Crippen LogP contribution in [0.5, 0.6) is 0 Å². The van der Waals surface area contributed by atoms with E-state index in [2.05, 4.69) is 19.2 Å². The summed E-state index contributed by atoms with van der Waals surface area (Å²) in [5.74, 6) is -0.723. The third-order valence-electron chi connectivity index (χ3n) is 2.87.